The summed E-state index contributed by atoms with van der Waals surface area (Å²) in [7, 11) is 0. The average Bonchev–Trinajstić information content (AvgIpc) is 3.10. The second-order valence-electron chi connectivity index (χ2n) is 13.0. The average molecular weight is 720 g/mol. The van der Waals surface area contributed by atoms with Crippen LogP contribution in [0.5, 0.6) is 0 Å². The van der Waals surface area contributed by atoms with Crippen LogP contribution in [0, 0.1) is 31.3 Å². The number of carbonyl (C=O) groups excluding carboxylic acids is 1. The third-order valence-electron chi connectivity index (χ3n) is 7.51. The number of benzene rings is 4. The lowest BCUT2D eigenvalue weighted by atomic mass is 10.1. The number of hydrogen-bond acceptors (Lipinski definition) is 8. The number of carboxylic acid groups (broad SMARTS) is 1. The second kappa shape index (κ2) is 16.2. The Kier molecular flexibility index (Phi) is 11.5. The molecule has 0 spiro atoms. The highest BCUT2D eigenvalue weighted by Crippen LogP contribution is 2.28. The van der Waals surface area contributed by atoms with Crippen molar-refractivity contribution < 1.29 is 32.6 Å². The molecule has 0 bridgehead atoms. The van der Waals surface area contributed by atoms with Crippen molar-refractivity contribution >= 4 is 34.7 Å². The van der Waals surface area contributed by atoms with Crippen LogP contribution in [0.2, 0.25) is 0 Å². The van der Waals surface area contributed by atoms with Gasteiger partial charge in [0.2, 0.25) is 0 Å². The van der Waals surface area contributed by atoms with Gasteiger partial charge >= 0.3 is 11.9 Å². The molecule has 12 heteroatoms. The fraction of sp³-hybridized carbons (Fsp3) is 0.146. The maximum absolute atomic E-state index is 13.9. The summed E-state index contributed by atoms with van der Waals surface area (Å²) in [5.41, 5.74) is 4.09. The number of carboxylic acids is 1. The van der Waals surface area contributed by atoms with E-state index in [0.29, 0.717) is 39.7 Å². The number of esters is 1. The van der Waals surface area contributed by atoms with Crippen molar-refractivity contribution in [2.75, 3.05) is 10.6 Å². The van der Waals surface area contributed by atoms with Crippen LogP contribution in [0.25, 0.3) is 22.6 Å². The maximum Gasteiger partial charge on any atom is 0.340 e. The van der Waals surface area contributed by atoms with E-state index in [1.807, 2.05) is 33.8 Å². The first-order valence-electron chi connectivity index (χ1n) is 16.4. The van der Waals surface area contributed by atoms with E-state index < -0.39 is 29.2 Å². The molecule has 2 heterocycles. The number of aromatic carboxylic acids is 1. The molecule has 3 N–H and O–H groups in total. The molecule has 0 amide bonds. The molecule has 0 aliphatic heterocycles. The smallest absolute Gasteiger partial charge is 0.340 e. The van der Waals surface area contributed by atoms with Crippen LogP contribution >= 0.6 is 0 Å². The molecule has 0 aliphatic rings. The first-order chi connectivity index (χ1) is 25.2. The van der Waals surface area contributed by atoms with Gasteiger partial charge in [-0.15, -0.1) is 0 Å². The number of aromatic nitrogens is 3. The molecule has 6 rings (SSSR count). The van der Waals surface area contributed by atoms with Gasteiger partial charge in [-0.05, 0) is 95.3 Å². The van der Waals surface area contributed by atoms with Gasteiger partial charge < -0.3 is 20.5 Å². The molecule has 0 fully saturated rings. The lowest BCUT2D eigenvalue weighted by Crippen LogP contribution is -2.24. The third-order valence-corrected chi connectivity index (χ3v) is 7.51. The van der Waals surface area contributed by atoms with Crippen molar-refractivity contribution in [3.8, 4) is 22.6 Å². The molecule has 270 valence electrons. The quantitative estimate of drug-likeness (QED) is 0.132. The number of halogens is 3. The fourth-order valence-corrected chi connectivity index (χ4v) is 5.06. The molecule has 0 unspecified atom stereocenters. The molecular weight excluding hydrogens is 683 g/mol. The Balaban J connectivity index is 0.000000206. The molecule has 0 saturated heterocycles. The van der Waals surface area contributed by atoms with Crippen LogP contribution in [-0.4, -0.2) is 37.6 Å². The van der Waals surface area contributed by atoms with E-state index in [1.54, 1.807) is 73.9 Å². The Morgan fingerprint density at radius 1 is 0.660 bits per heavy atom. The van der Waals surface area contributed by atoms with Gasteiger partial charge in [0, 0.05) is 0 Å². The minimum Gasteiger partial charge on any atom is -0.478 e. The molecular formula is C41H36F3N5O4. The summed E-state index contributed by atoms with van der Waals surface area (Å²) in [5, 5.41) is 15.4. The molecule has 53 heavy (non-hydrogen) atoms. The number of pyridine rings is 1. The zero-order valence-corrected chi connectivity index (χ0v) is 29.5. The largest absolute Gasteiger partial charge is 0.478 e. The van der Waals surface area contributed by atoms with E-state index in [2.05, 4.69) is 25.6 Å². The Morgan fingerprint density at radius 2 is 1.21 bits per heavy atom. The van der Waals surface area contributed by atoms with Crippen molar-refractivity contribution in [2.45, 2.75) is 40.2 Å². The minimum atomic E-state index is -1.05. The summed E-state index contributed by atoms with van der Waals surface area (Å²) < 4.78 is 47.0. The Bertz CT molecular complexity index is 2240. The number of ether oxygens (including phenoxy) is 1. The summed E-state index contributed by atoms with van der Waals surface area (Å²) in [5.74, 6) is -2.94. The predicted molar refractivity (Wildman–Crippen MR) is 198 cm³/mol. The number of nitrogens with one attached hydrogen (secondary N) is 2. The highest BCUT2D eigenvalue weighted by atomic mass is 19.1. The van der Waals surface area contributed by atoms with Gasteiger partial charge in [-0.1, -0.05) is 41.5 Å². The van der Waals surface area contributed by atoms with Crippen LogP contribution in [0.3, 0.4) is 0 Å². The van der Waals surface area contributed by atoms with E-state index in [-0.39, 0.29) is 22.6 Å². The first-order valence-corrected chi connectivity index (χ1v) is 16.4. The second-order valence-corrected chi connectivity index (χ2v) is 13.0. The molecule has 0 saturated carbocycles. The fourth-order valence-electron chi connectivity index (χ4n) is 5.06. The molecule has 0 aliphatic carbocycles. The normalized spacial score (nSPS) is 10.9. The van der Waals surface area contributed by atoms with Gasteiger partial charge in [-0.3, -0.25) is 4.98 Å². The predicted octanol–water partition coefficient (Wildman–Crippen LogP) is 10.1. The lowest BCUT2D eigenvalue weighted by Gasteiger charge is -2.21. The standard InChI is InChI=1S/C22H22FN3O2.C19H14F2N2O2/c1-14-9-10-19(17(11-14)21(27)28-22(2,3)4)26-15-12-24-20(25-13-15)16-7-5-6-8-18(16)23;1-11-5-7-16(13(9-11)19(24)25)23-12-6-8-17(22-10-12)18-14(20)3-2-4-15(18)21/h5-13,26H,1-4H3;2-10,23H,1H3,(H,24,25). The summed E-state index contributed by atoms with van der Waals surface area (Å²) in [6, 6.07) is 23.5. The van der Waals surface area contributed by atoms with Crippen molar-refractivity contribution in [2.24, 2.45) is 0 Å². The molecule has 6 aromatic rings. The van der Waals surface area contributed by atoms with Gasteiger partial charge in [0.15, 0.2) is 5.82 Å². The molecule has 2 aromatic heterocycles. The van der Waals surface area contributed by atoms with Gasteiger partial charge in [0.25, 0.3) is 0 Å². The van der Waals surface area contributed by atoms with Gasteiger partial charge in [-0.2, -0.15) is 0 Å². The number of carbonyl (C=O) groups is 2. The minimum absolute atomic E-state index is 0.129. The van der Waals surface area contributed by atoms with E-state index in [0.717, 1.165) is 23.3 Å². The summed E-state index contributed by atoms with van der Waals surface area (Å²) in [6.45, 7) is 9.18. The lowest BCUT2D eigenvalue weighted by molar-refractivity contribution is 0.00703. The SMILES string of the molecule is Cc1ccc(Nc2ccc(-c3c(F)cccc3F)nc2)c(C(=O)O)c1.Cc1ccc(Nc2cnc(-c3ccccc3F)nc2)c(C(=O)OC(C)(C)C)c1. The van der Waals surface area contributed by atoms with Crippen LogP contribution in [0.1, 0.15) is 52.6 Å². The van der Waals surface area contributed by atoms with Crippen LogP contribution < -0.4 is 10.6 Å². The van der Waals surface area contributed by atoms with Crippen LogP contribution in [0.15, 0.2) is 110 Å². The molecule has 9 nitrogen and oxygen atoms in total. The van der Waals surface area contributed by atoms with Gasteiger partial charge in [-0.25, -0.2) is 32.7 Å². The maximum atomic E-state index is 13.9. The molecule has 0 atom stereocenters. The van der Waals surface area contributed by atoms with Crippen molar-refractivity contribution in [1.29, 1.82) is 0 Å². The number of aryl methyl sites for hydroxylation is 2. The third kappa shape index (κ3) is 9.82. The highest BCUT2D eigenvalue weighted by molar-refractivity contribution is 5.97. The van der Waals surface area contributed by atoms with Crippen LogP contribution in [0.4, 0.5) is 35.9 Å². The zero-order chi connectivity index (χ0) is 38.3. The molecule has 4 aromatic carbocycles. The zero-order valence-electron chi connectivity index (χ0n) is 29.5. The summed E-state index contributed by atoms with van der Waals surface area (Å²) in [4.78, 5) is 36.4. The van der Waals surface area contributed by atoms with Crippen LogP contribution in [-0.2, 0) is 4.74 Å². The monoisotopic (exact) mass is 719 g/mol. The number of nitrogens with zero attached hydrogens (tertiary/aromatic N) is 3. The number of rotatable bonds is 8. The first kappa shape index (κ1) is 37.7. The Hall–Kier alpha value is -6.56. The summed E-state index contributed by atoms with van der Waals surface area (Å²) in [6.07, 6.45) is 4.49. The van der Waals surface area contributed by atoms with Gasteiger partial charge in [0.05, 0.1) is 69.3 Å². The van der Waals surface area contributed by atoms with E-state index in [4.69, 9.17) is 4.74 Å². The van der Waals surface area contributed by atoms with Crippen molar-refractivity contribution in [3.05, 3.63) is 149 Å². The molecule has 0 radical (unpaired) electrons. The highest BCUT2D eigenvalue weighted by Gasteiger charge is 2.21. The Labute approximate surface area is 304 Å². The topological polar surface area (TPSA) is 126 Å². The van der Waals surface area contributed by atoms with Gasteiger partial charge in [0.1, 0.15) is 23.1 Å². The summed E-state index contributed by atoms with van der Waals surface area (Å²) >= 11 is 0. The van der Waals surface area contributed by atoms with E-state index in [9.17, 15) is 27.9 Å². The van der Waals surface area contributed by atoms with E-state index in [1.165, 1.54) is 24.4 Å². The number of hydrogen-bond donors (Lipinski definition) is 3. The van der Waals surface area contributed by atoms with E-state index >= 15 is 0 Å². The number of anilines is 4. The van der Waals surface area contributed by atoms with Crippen molar-refractivity contribution in [1.82, 2.24) is 15.0 Å². The Morgan fingerprint density at radius 3 is 1.77 bits per heavy atom. The van der Waals surface area contributed by atoms with Crippen molar-refractivity contribution in [3.63, 3.8) is 0 Å².